The van der Waals surface area contributed by atoms with Crippen LogP contribution in [0.15, 0.2) is 72.8 Å². The minimum Gasteiger partial charge on any atom is -0.304 e. The van der Waals surface area contributed by atoms with Crippen molar-refractivity contribution in [3.8, 4) is 0 Å². The lowest BCUT2D eigenvalue weighted by Crippen LogP contribution is -2.54. The summed E-state index contributed by atoms with van der Waals surface area (Å²) < 4.78 is 41.4. The number of sulfone groups is 1. The van der Waals surface area contributed by atoms with Crippen LogP contribution in [0.4, 0.5) is 15.8 Å². The van der Waals surface area contributed by atoms with Gasteiger partial charge in [0.05, 0.1) is 12.2 Å². The maximum Gasteiger partial charge on any atom is 0.274 e. The largest absolute Gasteiger partial charge is 0.304 e. The second kappa shape index (κ2) is 7.00. The van der Waals surface area contributed by atoms with Crippen molar-refractivity contribution in [1.29, 1.82) is 0 Å². The van der Waals surface area contributed by atoms with Gasteiger partial charge in [-0.1, -0.05) is 54.6 Å². The van der Waals surface area contributed by atoms with Crippen LogP contribution in [0.1, 0.15) is 16.7 Å². The summed E-state index contributed by atoms with van der Waals surface area (Å²) in [5.74, 6) is -2.93. The van der Waals surface area contributed by atoms with Crippen LogP contribution in [0.2, 0.25) is 0 Å². The number of halogens is 1. The molecule has 0 aromatic heterocycles. The van der Waals surface area contributed by atoms with Gasteiger partial charge in [0.1, 0.15) is 11.6 Å². The molecule has 5 rings (SSSR count). The molecule has 0 N–H and O–H groups in total. The van der Waals surface area contributed by atoms with Crippen molar-refractivity contribution in [2.45, 2.75) is 18.3 Å². The predicted octanol–water partition coefficient (Wildman–Crippen LogP) is 3.30. The molecule has 162 valence electrons. The predicted molar refractivity (Wildman–Crippen MR) is 118 cm³/mol. The van der Waals surface area contributed by atoms with Crippen molar-refractivity contribution in [1.82, 2.24) is 0 Å². The van der Waals surface area contributed by atoms with Crippen LogP contribution >= 0.6 is 0 Å². The van der Waals surface area contributed by atoms with Crippen molar-refractivity contribution in [3.05, 3.63) is 95.3 Å². The highest BCUT2D eigenvalue weighted by atomic mass is 32.2. The molecule has 0 saturated carbocycles. The highest BCUT2D eigenvalue weighted by molar-refractivity contribution is 7.94. The van der Waals surface area contributed by atoms with Gasteiger partial charge in [-0.05, 0) is 36.2 Å². The molecular weight excluding hydrogens is 431 g/mol. The molecule has 3 aromatic rings. The van der Waals surface area contributed by atoms with Crippen molar-refractivity contribution in [2.24, 2.45) is 0 Å². The Morgan fingerprint density at radius 2 is 1.66 bits per heavy atom. The minimum absolute atomic E-state index is 0.0314. The van der Waals surface area contributed by atoms with E-state index in [0.29, 0.717) is 11.3 Å². The molecule has 2 amide bonds. The molecule has 0 radical (unpaired) electrons. The molecular formula is C24H19FN2O4S. The summed E-state index contributed by atoms with van der Waals surface area (Å²) in [5.41, 5.74) is 1.80. The molecule has 6 nitrogen and oxygen atoms in total. The molecule has 1 spiro atoms. The van der Waals surface area contributed by atoms with Gasteiger partial charge >= 0.3 is 0 Å². The number of carbonyl (C=O) groups excluding carboxylic acids is 2. The van der Waals surface area contributed by atoms with Crippen molar-refractivity contribution in [3.63, 3.8) is 0 Å². The van der Waals surface area contributed by atoms with Crippen molar-refractivity contribution < 1.29 is 22.4 Å². The topological polar surface area (TPSA) is 74.8 Å². The number of fused-ring (bicyclic) bond motifs is 2. The number of benzene rings is 3. The Morgan fingerprint density at radius 3 is 2.38 bits per heavy atom. The quantitative estimate of drug-likeness (QED) is 0.614. The van der Waals surface area contributed by atoms with Crippen LogP contribution in [0.25, 0.3) is 0 Å². The normalized spacial score (nSPS) is 21.4. The van der Waals surface area contributed by atoms with Crippen molar-refractivity contribution in [2.75, 3.05) is 15.6 Å². The molecule has 2 heterocycles. The Labute approximate surface area is 184 Å². The summed E-state index contributed by atoms with van der Waals surface area (Å²) >= 11 is 0. The SMILES string of the molecule is Cc1ccc(N2C(=O)CS(=O)(=O)[C@@]23C(=O)N(Cc2ccccc2)c2ccccc23)cc1F. The Balaban J connectivity index is 1.75. The lowest BCUT2D eigenvalue weighted by atomic mass is 10.0. The Hall–Kier alpha value is -3.52. The van der Waals surface area contributed by atoms with E-state index >= 15 is 0 Å². The maximum atomic E-state index is 14.4. The second-order valence-corrected chi connectivity index (χ2v) is 10.1. The second-order valence-electron chi connectivity index (χ2n) is 7.96. The van der Waals surface area contributed by atoms with E-state index in [-0.39, 0.29) is 17.8 Å². The first-order valence-corrected chi connectivity index (χ1v) is 11.7. The van der Waals surface area contributed by atoms with E-state index in [1.807, 2.05) is 30.3 Å². The fourth-order valence-corrected chi connectivity index (χ4v) is 6.57. The van der Waals surface area contributed by atoms with Gasteiger partial charge in [-0.3, -0.25) is 14.5 Å². The smallest absolute Gasteiger partial charge is 0.274 e. The lowest BCUT2D eigenvalue weighted by Gasteiger charge is -2.32. The van der Waals surface area contributed by atoms with Gasteiger partial charge in [0, 0.05) is 11.3 Å². The monoisotopic (exact) mass is 450 g/mol. The van der Waals surface area contributed by atoms with Gasteiger partial charge in [-0.15, -0.1) is 0 Å². The van der Waals surface area contributed by atoms with Gasteiger partial charge < -0.3 is 4.90 Å². The molecule has 1 fully saturated rings. The zero-order chi connectivity index (χ0) is 22.7. The highest BCUT2D eigenvalue weighted by Gasteiger charge is 2.69. The number of hydrogen-bond donors (Lipinski definition) is 0. The third kappa shape index (κ3) is 2.65. The zero-order valence-electron chi connectivity index (χ0n) is 17.2. The fourth-order valence-electron chi connectivity index (χ4n) is 4.54. The first-order chi connectivity index (χ1) is 15.3. The molecule has 1 saturated heterocycles. The standard InChI is InChI=1S/C24H19FN2O4S/c1-16-11-12-18(13-20(16)25)27-22(28)15-32(30,31)24(27)19-9-5-6-10-21(19)26(23(24)29)14-17-7-3-2-4-8-17/h2-13H,14-15H2,1H3/t24-/m0/s1. The van der Waals surface area contributed by atoms with Crippen LogP contribution in [-0.4, -0.2) is 26.0 Å². The average Bonchev–Trinajstić information content (AvgIpc) is 3.14. The lowest BCUT2D eigenvalue weighted by molar-refractivity contribution is -0.123. The number of nitrogens with zero attached hydrogens (tertiary/aromatic N) is 2. The maximum absolute atomic E-state index is 14.4. The van der Waals surface area contributed by atoms with Crippen LogP contribution in [-0.2, 0) is 30.8 Å². The Kier molecular flexibility index (Phi) is 4.46. The van der Waals surface area contributed by atoms with Gasteiger partial charge in [0.25, 0.3) is 10.8 Å². The van der Waals surface area contributed by atoms with Crippen LogP contribution in [0, 0.1) is 12.7 Å². The highest BCUT2D eigenvalue weighted by Crippen LogP contribution is 2.52. The van der Waals surface area contributed by atoms with E-state index in [9.17, 15) is 22.4 Å². The van der Waals surface area contributed by atoms with Crippen molar-refractivity contribution >= 4 is 33.0 Å². The molecule has 1 atom stereocenters. The first-order valence-electron chi connectivity index (χ1n) is 10.0. The molecule has 2 aliphatic rings. The van der Waals surface area contributed by atoms with E-state index in [1.165, 1.54) is 17.0 Å². The molecule has 8 heteroatoms. The average molecular weight is 450 g/mol. The molecule has 32 heavy (non-hydrogen) atoms. The summed E-state index contributed by atoms with van der Waals surface area (Å²) in [4.78, 5) is 27.0. The number of anilines is 2. The van der Waals surface area contributed by atoms with Gasteiger partial charge in [-0.25, -0.2) is 12.8 Å². The van der Waals surface area contributed by atoms with E-state index in [0.717, 1.165) is 16.5 Å². The van der Waals surface area contributed by atoms with Crippen LogP contribution in [0.5, 0.6) is 0 Å². The van der Waals surface area contributed by atoms with Crippen LogP contribution < -0.4 is 9.80 Å². The summed E-state index contributed by atoms with van der Waals surface area (Å²) in [6.07, 6.45) is 0. The Morgan fingerprint density at radius 1 is 0.969 bits per heavy atom. The van der Waals surface area contributed by atoms with Gasteiger partial charge in [0.2, 0.25) is 5.91 Å². The number of amides is 2. The summed E-state index contributed by atoms with van der Waals surface area (Å²) in [6.45, 7) is 1.70. The third-order valence-corrected chi connectivity index (χ3v) is 8.12. The Bertz CT molecular complexity index is 1370. The number of hydrogen-bond acceptors (Lipinski definition) is 4. The molecule has 2 aliphatic heterocycles. The summed E-state index contributed by atoms with van der Waals surface area (Å²) in [6, 6.07) is 19.8. The fraction of sp³-hybridized carbons (Fsp3) is 0.167. The minimum atomic E-state index is -4.28. The summed E-state index contributed by atoms with van der Waals surface area (Å²) in [7, 11) is -4.28. The number of rotatable bonds is 3. The molecule has 0 unspecified atom stereocenters. The van der Waals surface area contributed by atoms with Gasteiger partial charge in [0.15, 0.2) is 9.84 Å². The summed E-state index contributed by atoms with van der Waals surface area (Å²) in [5, 5.41) is 0. The molecule has 3 aromatic carbocycles. The molecule has 0 aliphatic carbocycles. The third-order valence-electron chi connectivity index (χ3n) is 6.02. The zero-order valence-corrected chi connectivity index (χ0v) is 18.0. The number of aryl methyl sites for hydroxylation is 1. The van der Waals surface area contributed by atoms with E-state index < -0.39 is 38.1 Å². The molecule has 0 bridgehead atoms. The van der Waals surface area contributed by atoms with Crippen LogP contribution in [0.3, 0.4) is 0 Å². The number of carbonyl (C=O) groups is 2. The number of para-hydroxylation sites is 1. The van der Waals surface area contributed by atoms with E-state index in [1.54, 1.807) is 31.2 Å². The first kappa shape index (κ1) is 20.4. The van der Waals surface area contributed by atoms with E-state index in [2.05, 4.69) is 0 Å². The van der Waals surface area contributed by atoms with Gasteiger partial charge in [-0.2, -0.15) is 0 Å². The van der Waals surface area contributed by atoms with E-state index in [4.69, 9.17) is 0 Å².